The Labute approximate surface area is 215 Å². The lowest BCUT2D eigenvalue weighted by Crippen LogP contribution is -2.09. The number of hydrogen-bond donors (Lipinski definition) is 1. The molecule has 0 radical (unpaired) electrons. The van der Waals surface area contributed by atoms with Crippen molar-refractivity contribution in [3.8, 4) is 21.8 Å². The van der Waals surface area contributed by atoms with Gasteiger partial charge in [0.05, 0.1) is 10.2 Å². The standard InChI is InChI=1S/C29H30N4S2/c1-19-12-13-22(34-19)23-24-25(35-26(23)29(2,3)4)28(31-16-8-11-20-9-6-5-7-10-20)33-27(32-24)21-14-17-30-18-15-21/h5-7,9-10,12-15,17-18H,8,11,16H2,1-4H3,(H,31,32,33). The molecule has 0 amide bonds. The van der Waals surface area contributed by atoms with E-state index in [0.717, 1.165) is 46.8 Å². The van der Waals surface area contributed by atoms with Crippen LogP contribution in [0.2, 0.25) is 0 Å². The molecule has 0 aliphatic carbocycles. The van der Waals surface area contributed by atoms with E-state index in [-0.39, 0.29) is 5.41 Å². The number of aromatic nitrogens is 3. The molecule has 0 unspecified atom stereocenters. The van der Waals surface area contributed by atoms with Gasteiger partial charge in [0.1, 0.15) is 5.82 Å². The average Bonchev–Trinajstić information content (AvgIpc) is 3.46. The highest BCUT2D eigenvalue weighted by Gasteiger charge is 2.28. The summed E-state index contributed by atoms with van der Waals surface area (Å²) in [5.74, 6) is 1.66. The first-order valence-electron chi connectivity index (χ1n) is 12.0. The molecule has 1 N–H and O–H groups in total. The van der Waals surface area contributed by atoms with Crippen molar-refractivity contribution in [2.75, 3.05) is 11.9 Å². The summed E-state index contributed by atoms with van der Waals surface area (Å²) in [6.07, 6.45) is 5.67. The normalized spacial score (nSPS) is 11.8. The molecule has 0 fully saturated rings. The molecule has 1 aromatic carbocycles. The number of anilines is 1. The molecule has 0 spiro atoms. The number of thiophene rings is 2. The van der Waals surface area contributed by atoms with Gasteiger partial charge in [0, 0.05) is 44.7 Å². The molecular formula is C29H30N4S2. The van der Waals surface area contributed by atoms with Crippen LogP contribution in [0, 0.1) is 6.92 Å². The Balaban J connectivity index is 1.60. The third-order valence-corrected chi connectivity index (χ3v) is 8.55. The molecule has 0 saturated heterocycles. The zero-order chi connectivity index (χ0) is 24.4. The zero-order valence-electron chi connectivity index (χ0n) is 20.6. The van der Waals surface area contributed by atoms with E-state index in [2.05, 4.69) is 80.5 Å². The van der Waals surface area contributed by atoms with E-state index < -0.39 is 0 Å². The summed E-state index contributed by atoms with van der Waals surface area (Å²) in [7, 11) is 0. The molecule has 0 atom stereocenters. The van der Waals surface area contributed by atoms with Gasteiger partial charge in [0.15, 0.2) is 5.82 Å². The predicted molar refractivity (Wildman–Crippen MR) is 151 cm³/mol. The first kappa shape index (κ1) is 23.6. The maximum atomic E-state index is 5.14. The van der Waals surface area contributed by atoms with Crippen molar-refractivity contribution in [1.82, 2.24) is 15.0 Å². The quantitative estimate of drug-likeness (QED) is 0.230. The molecule has 0 aliphatic heterocycles. The van der Waals surface area contributed by atoms with Crippen molar-refractivity contribution >= 4 is 38.7 Å². The van der Waals surface area contributed by atoms with Crippen LogP contribution in [0.15, 0.2) is 67.0 Å². The molecule has 4 heterocycles. The molecular weight excluding hydrogens is 468 g/mol. The highest BCUT2D eigenvalue weighted by molar-refractivity contribution is 7.21. The molecule has 0 aliphatic rings. The largest absolute Gasteiger partial charge is 0.369 e. The topological polar surface area (TPSA) is 50.7 Å². The molecule has 178 valence electrons. The summed E-state index contributed by atoms with van der Waals surface area (Å²) in [6.45, 7) is 9.87. The molecule has 4 nitrogen and oxygen atoms in total. The van der Waals surface area contributed by atoms with Crippen LogP contribution in [-0.4, -0.2) is 21.5 Å². The van der Waals surface area contributed by atoms with Crippen molar-refractivity contribution in [3.63, 3.8) is 0 Å². The van der Waals surface area contributed by atoms with E-state index in [1.807, 2.05) is 34.8 Å². The van der Waals surface area contributed by atoms with Crippen molar-refractivity contribution in [1.29, 1.82) is 0 Å². The van der Waals surface area contributed by atoms with Crippen LogP contribution in [0.25, 0.3) is 32.0 Å². The average molecular weight is 499 g/mol. The Hall–Kier alpha value is -3.09. The van der Waals surface area contributed by atoms with Crippen molar-refractivity contribution in [3.05, 3.63) is 82.3 Å². The monoisotopic (exact) mass is 498 g/mol. The predicted octanol–water partition coefficient (Wildman–Crippen LogP) is 8.13. The highest BCUT2D eigenvalue weighted by Crippen LogP contribution is 2.47. The molecule has 0 bridgehead atoms. The smallest absolute Gasteiger partial charge is 0.162 e. The van der Waals surface area contributed by atoms with Gasteiger partial charge in [-0.15, -0.1) is 22.7 Å². The number of rotatable bonds is 7. The zero-order valence-corrected chi connectivity index (χ0v) is 22.3. The summed E-state index contributed by atoms with van der Waals surface area (Å²) >= 11 is 3.66. The minimum atomic E-state index is 0.00000426. The van der Waals surface area contributed by atoms with E-state index in [9.17, 15) is 0 Å². The lowest BCUT2D eigenvalue weighted by atomic mass is 9.91. The van der Waals surface area contributed by atoms with E-state index in [1.54, 1.807) is 12.4 Å². The number of nitrogens with one attached hydrogen (secondary N) is 1. The maximum absolute atomic E-state index is 5.14. The molecule has 5 aromatic rings. The summed E-state index contributed by atoms with van der Waals surface area (Å²) in [5.41, 5.74) is 4.63. The Morgan fingerprint density at radius 2 is 1.66 bits per heavy atom. The van der Waals surface area contributed by atoms with E-state index in [4.69, 9.17) is 9.97 Å². The van der Waals surface area contributed by atoms with E-state index in [0.29, 0.717) is 0 Å². The fourth-order valence-electron chi connectivity index (χ4n) is 4.20. The third-order valence-electron chi connectivity index (χ3n) is 5.92. The Bertz CT molecular complexity index is 1430. The molecule has 4 aromatic heterocycles. The van der Waals surface area contributed by atoms with Gasteiger partial charge < -0.3 is 5.32 Å². The molecule has 5 rings (SSSR count). The van der Waals surface area contributed by atoms with Crippen molar-refractivity contribution in [2.24, 2.45) is 0 Å². The molecule has 0 saturated carbocycles. The minimum Gasteiger partial charge on any atom is -0.369 e. The van der Waals surface area contributed by atoms with Gasteiger partial charge in [-0.1, -0.05) is 51.1 Å². The number of pyridine rings is 1. The maximum Gasteiger partial charge on any atom is 0.162 e. The van der Waals surface area contributed by atoms with Gasteiger partial charge in [0.2, 0.25) is 0 Å². The van der Waals surface area contributed by atoms with E-state index >= 15 is 0 Å². The van der Waals surface area contributed by atoms with Gasteiger partial charge in [-0.05, 0) is 55.0 Å². The summed E-state index contributed by atoms with van der Waals surface area (Å²) in [4.78, 5) is 18.3. The van der Waals surface area contributed by atoms with Gasteiger partial charge in [-0.25, -0.2) is 9.97 Å². The Morgan fingerprint density at radius 3 is 2.34 bits per heavy atom. The van der Waals surface area contributed by atoms with Crippen LogP contribution >= 0.6 is 22.7 Å². The number of aryl methyl sites for hydroxylation is 2. The second-order valence-corrected chi connectivity index (χ2v) is 12.1. The summed E-state index contributed by atoms with van der Waals surface area (Å²) < 4.78 is 1.13. The van der Waals surface area contributed by atoms with Crippen LogP contribution in [0.5, 0.6) is 0 Å². The summed E-state index contributed by atoms with van der Waals surface area (Å²) in [5, 5.41) is 3.66. The minimum absolute atomic E-state index is 0.00000426. The SMILES string of the molecule is Cc1ccc(-c2c(C(C)(C)C)sc3c(NCCCc4ccccc4)nc(-c4ccncc4)nc23)s1. The Kier molecular flexibility index (Phi) is 6.67. The number of hydrogen-bond acceptors (Lipinski definition) is 6. The number of nitrogens with zero attached hydrogens (tertiary/aromatic N) is 3. The molecule has 6 heteroatoms. The van der Waals surface area contributed by atoms with Gasteiger partial charge >= 0.3 is 0 Å². The lowest BCUT2D eigenvalue weighted by Gasteiger charge is -2.18. The second-order valence-electron chi connectivity index (χ2n) is 9.79. The lowest BCUT2D eigenvalue weighted by molar-refractivity contribution is 0.606. The Morgan fingerprint density at radius 1 is 0.886 bits per heavy atom. The first-order valence-corrected chi connectivity index (χ1v) is 13.6. The number of benzene rings is 1. The second kappa shape index (κ2) is 9.88. The van der Waals surface area contributed by atoms with Crippen LogP contribution in [0.4, 0.5) is 5.82 Å². The fourth-order valence-corrected chi connectivity index (χ4v) is 6.46. The van der Waals surface area contributed by atoms with E-state index in [1.165, 1.54) is 25.8 Å². The van der Waals surface area contributed by atoms with Gasteiger partial charge in [-0.3, -0.25) is 4.98 Å². The van der Waals surface area contributed by atoms with Crippen LogP contribution in [0.1, 0.15) is 42.5 Å². The number of fused-ring (bicyclic) bond motifs is 1. The van der Waals surface area contributed by atoms with Crippen LogP contribution < -0.4 is 5.32 Å². The van der Waals surface area contributed by atoms with Crippen molar-refractivity contribution in [2.45, 2.75) is 46.0 Å². The van der Waals surface area contributed by atoms with Crippen LogP contribution in [-0.2, 0) is 11.8 Å². The van der Waals surface area contributed by atoms with Gasteiger partial charge in [-0.2, -0.15) is 0 Å². The third kappa shape index (κ3) is 5.14. The fraction of sp³-hybridized carbons (Fsp3) is 0.276. The first-order chi connectivity index (χ1) is 16.9. The molecule has 35 heavy (non-hydrogen) atoms. The highest BCUT2D eigenvalue weighted by atomic mass is 32.1. The van der Waals surface area contributed by atoms with Gasteiger partial charge in [0.25, 0.3) is 0 Å². The summed E-state index contributed by atoms with van der Waals surface area (Å²) in [6, 6.07) is 19.0. The van der Waals surface area contributed by atoms with Crippen LogP contribution in [0.3, 0.4) is 0 Å². The van der Waals surface area contributed by atoms with Crippen molar-refractivity contribution < 1.29 is 0 Å².